The molecule has 1 aromatic heterocycles. The molecule has 0 aliphatic carbocycles. The quantitative estimate of drug-likeness (QED) is 0.187. The van der Waals surface area contributed by atoms with Gasteiger partial charge in [0.25, 0.3) is 0 Å². The third-order valence-corrected chi connectivity index (χ3v) is 4.83. The number of ether oxygens (including phenoxy) is 2. The van der Waals surface area contributed by atoms with E-state index in [1.54, 1.807) is 0 Å². The van der Waals surface area contributed by atoms with Crippen molar-refractivity contribution in [2.24, 2.45) is 18.0 Å². The number of guanidine groups is 1. The van der Waals surface area contributed by atoms with Crippen molar-refractivity contribution in [3.05, 3.63) is 11.6 Å². The average Bonchev–Trinajstić information content (AvgIpc) is 3.01. The molecule has 1 fully saturated rings. The highest BCUT2D eigenvalue weighted by Crippen LogP contribution is 2.18. The molecule has 1 aromatic rings. The van der Waals surface area contributed by atoms with Gasteiger partial charge in [-0.2, -0.15) is 0 Å². The number of rotatable bonds is 8. The Hall–Kier alpha value is -1.43. The number of esters is 1. The minimum atomic E-state index is -0.118. The lowest BCUT2D eigenvalue weighted by molar-refractivity contribution is -0.146. The summed E-state index contributed by atoms with van der Waals surface area (Å²) < 4.78 is 12.2. The lowest BCUT2D eigenvalue weighted by Crippen LogP contribution is -2.47. The van der Waals surface area contributed by atoms with Gasteiger partial charge in [-0.3, -0.25) is 4.79 Å². The van der Waals surface area contributed by atoms with Crippen LogP contribution in [0.15, 0.2) is 4.99 Å². The first-order valence-corrected chi connectivity index (χ1v) is 9.60. The highest BCUT2D eigenvalue weighted by molar-refractivity contribution is 14.0. The van der Waals surface area contributed by atoms with Crippen LogP contribution in [0, 0.1) is 12.8 Å². The van der Waals surface area contributed by atoms with E-state index in [0.717, 1.165) is 69.7 Å². The SMILES string of the molecule is CCOCCCNC(=NCc1nnc(C)n1C)N1CCC(C(=O)OC)CC1.I. The fourth-order valence-corrected chi connectivity index (χ4v) is 3.01. The fraction of sp³-hybridized carbons (Fsp3) is 0.778. The maximum absolute atomic E-state index is 11.7. The number of aromatic nitrogens is 3. The predicted octanol–water partition coefficient (Wildman–Crippen LogP) is 1.50. The normalized spacial score (nSPS) is 15.3. The Bertz CT molecular complexity index is 629. The first kappa shape index (κ1) is 24.6. The summed E-state index contributed by atoms with van der Waals surface area (Å²) in [6.45, 7) is 8.16. The number of nitrogens with zero attached hydrogens (tertiary/aromatic N) is 5. The Morgan fingerprint density at radius 2 is 2.04 bits per heavy atom. The van der Waals surface area contributed by atoms with Crippen molar-refractivity contribution in [1.82, 2.24) is 25.0 Å². The van der Waals surface area contributed by atoms with Gasteiger partial charge in [-0.15, -0.1) is 34.2 Å². The molecule has 0 radical (unpaired) electrons. The fourth-order valence-electron chi connectivity index (χ4n) is 3.01. The van der Waals surface area contributed by atoms with E-state index < -0.39 is 0 Å². The zero-order valence-corrected chi connectivity index (χ0v) is 19.6. The van der Waals surface area contributed by atoms with Gasteiger partial charge in [-0.05, 0) is 33.1 Å². The van der Waals surface area contributed by atoms with Crippen LogP contribution in [-0.2, 0) is 27.9 Å². The summed E-state index contributed by atoms with van der Waals surface area (Å²) in [6.07, 6.45) is 2.46. The number of halogens is 1. The summed E-state index contributed by atoms with van der Waals surface area (Å²) in [6, 6.07) is 0. The van der Waals surface area contributed by atoms with Gasteiger partial charge in [0.05, 0.1) is 13.0 Å². The van der Waals surface area contributed by atoms with Crippen molar-refractivity contribution >= 4 is 35.9 Å². The Labute approximate surface area is 184 Å². The largest absolute Gasteiger partial charge is 0.469 e. The molecule has 1 aliphatic heterocycles. The molecular weight excluding hydrogens is 475 g/mol. The third kappa shape index (κ3) is 7.19. The molecule has 1 aliphatic rings. The van der Waals surface area contributed by atoms with E-state index in [2.05, 4.69) is 20.4 Å². The van der Waals surface area contributed by atoms with Gasteiger partial charge >= 0.3 is 5.97 Å². The molecule has 28 heavy (non-hydrogen) atoms. The molecule has 0 bridgehead atoms. The molecule has 1 N–H and O–H groups in total. The van der Waals surface area contributed by atoms with E-state index in [1.165, 1.54) is 7.11 Å². The number of carbonyl (C=O) groups excluding carboxylic acids is 1. The molecule has 9 nitrogen and oxygen atoms in total. The molecule has 0 saturated carbocycles. The van der Waals surface area contributed by atoms with Crippen LogP contribution in [0.25, 0.3) is 0 Å². The van der Waals surface area contributed by atoms with Crippen molar-refractivity contribution in [1.29, 1.82) is 0 Å². The minimum Gasteiger partial charge on any atom is -0.469 e. The van der Waals surface area contributed by atoms with E-state index in [0.29, 0.717) is 6.54 Å². The topological polar surface area (TPSA) is 93.9 Å². The monoisotopic (exact) mass is 508 g/mol. The summed E-state index contributed by atoms with van der Waals surface area (Å²) in [7, 11) is 3.39. The Balaban J connectivity index is 0.00000392. The summed E-state index contributed by atoms with van der Waals surface area (Å²) >= 11 is 0. The van der Waals surface area contributed by atoms with Crippen LogP contribution in [0.5, 0.6) is 0 Å². The van der Waals surface area contributed by atoms with Gasteiger partial charge < -0.3 is 24.3 Å². The number of nitrogens with one attached hydrogen (secondary N) is 1. The van der Waals surface area contributed by atoms with E-state index in [-0.39, 0.29) is 35.9 Å². The van der Waals surface area contributed by atoms with Crippen LogP contribution in [0.4, 0.5) is 0 Å². The molecule has 0 aromatic carbocycles. The highest BCUT2D eigenvalue weighted by atomic mass is 127. The number of hydrogen-bond acceptors (Lipinski definition) is 6. The molecule has 1 saturated heterocycles. The van der Waals surface area contributed by atoms with Crippen molar-refractivity contribution in [3.8, 4) is 0 Å². The number of hydrogen-bond donors (Lipinski definition) is 1. The number of aliphatic imine (C=N–C) groups is 1. The van der Waals surface area contributed by atoms with Crippen LogP contribution >= 0.6 is 24.0 Å². The van der Waals surface area contributed by atoms with Gasteiger partial charge in [-0.1, -0.05) is 0 Å². The van der Waals surface area contributed by atoms with Gasteiger partial charge in [0.15, 0.2) is 11.8 Å². The Kier molecular flexibility index (Phi) is 11.4. The van der Waals surface area contributed by atoms with Crippen molar-refractivity contribution in [3.63, 3.8) is 0 Å². The predicted molar refractivity (Wildman–Crippen MR) is 118 cm³/mol. The number of carbonyl (C=O) groups is 1. The Morgan fingerprint density at radius 1 is 1.32 bits per heavy atom. The van der Waals surface area contributed by atoms with E-state index >= 15 is 0 Å². The summed E-state index contributed by atoms with van der Waals surface area (Å²) in [5.41, 5.74) is 0. The number of methoxy groups -OCH3 is 1. The van der Waals surface area contributed by atoms with Gasteiger partial charge in [0.1, 0.15) is 12.4 Å². The molecule has 10 heteroatoms. The van der Waals surface area contributed by atoms with Crippen LogP contribution in [0.2, 0.25) is 0 Å². The first-order valence-electron chi connectivity index (χ1n) is 9.60. The van der Waals surface area contributed by atoms with Gasteiger partial charge in [0, 0.05) is 39.9 Å². The van der Waals surface area contributed by atoms with Gasteiger partial charge in [0.2, 0.25) is 0 Å². The standard InChI is InChI=1S/C18H32N6O3.HI/c1-5-27-12-6-9-19-18(20-13-16-22-21-14(2)23(16)3)24-10-7-15(8-11-24)17(25)26-4;/h15H,5-13H2,1-4H3,(H,19,20);1H. The number of likely N-dealkylation sites (tertiary alicyclic amines) is 1. The third-order valence-electron chi connectivity index (χ3n) is 4.83. The minimum absolute atomic E-state index is 0. The maximum Gasteiger partial charge on any atom is 0.308 e. The van der Waals surface area contributed by atoms with E-state index in [4.69, 9.17) is 14.5 Å². The summed E-state index contributed by atoms with van der Waals surface area (Å²) in [5.74, 6) is 2.39. The van der Waals surface area contributed by atoms with Crippen molar-refractivity contribution in [2.75, 3.05) is 40.0 Å². The van der Waals surface area contributed by atoms with Crippen LogP contribution < -0.4 is 5.32 Å². The lowest BCUT2D eigenvalue weighted by Gasteiger charge is -2.33. The number of aryl methyl sites for hydroxylation is 1. The first-order chi connectivity index (χ1) is 13.1. The lowest BCUT2D eigenvalue weighted by atomic mass is 9.97. The highest BCUT2D eigenvalue weighted by Gasteiger charge is 2.27. The van der Waals surface area contributed by atoms with Crippen LogP contribution in [0.3, 0.4) is 0 Å². The summed E-state index contributed by atoms with van der Waals surface area (Å²) in [4.78, 5) is 18.7. The second kappa shape index (κ2) is 12.9. The average molecular weight is 508 g/mol. The summed E-state index contributed by atoms with van der Waals surface area (Å²) in [5, 5.41) is 11.7. The molecular formula is C18H33IN6O3. The van der Waals surface area contributed by atoms with Gasteiger partial charge in [-0.25, -0.2) is 4.99 Å². The zero-order valence-electron chi connectivity index (χ0n) is 17.3. The van der Waals surface area contributed by atoms with E-state index in [1.807, 2.05) is 25.5 Å². The molecule has 0 amide bonds. The molecule has 160 valence electrons. The number of piperidine rings is 1. The van der Waals surface area contributed by atoms with Crippen LogP contribution in [0.1, 0.15) is 37.8 Å². The molecule has 2 rings (SSSR count). The molecule has 0 unspecified atom stereocenters. The van der Waals surface area contributed by atoms with Crippen LogP contribution in [-0.4, -0.2) is 71.6 Å². The smallest absolute Gasteiger partial charge is 0.308 e. The molecule has 2 heterocycles. The molecule has 0 spiro atoms. The van der Waals surface area contributed by atoms with Crippen molar-refractivity contribution in [2.45, 2.75) is 39.7 Å². The van der Waals surface area contributed by atoms with E-state index in [9.17, 15) is 4.79 Å². The zero-order chi connectivity index (χ0) is 19.6. The Morgan fingerprint density at radius 3 is 2.61 bits per heavy atom. The second-order valence-corrected chi connectivity index (χ2v) is 6.62. The maximum atomic E-state index is 11.7. The second-order valence-electron chi connectivity index (χ2n) is 6.62. The van der Waals surface area contributed by atoms with Crippen molar-refractivity contribution < 1.29 is 14.3 Å². The molecule has 0 atom stereocenters.